The summed E-state index contributed by atoms with van der Waals surface area (Å²) in [5, 5.41) is 9.04. The largest absolute Gasteiger partial charge is 0.478 e. The zero-order valence-corrected chi connectivity index (χ0v) is 13.8. The van der Waals surface area contributed by atoms with Gasteiger partial charge in [-0.25, -0.2) is 17.9 Å². The molecule has 0 aromatic heterocycles. The zero-order valence-electron chi connectivity index (χ0n) is 11.4. The van der Waals surface area contributed by atoms with Crippen molar-refractivity contribution in [2.75, 3.05) is 13.2 Å². The third-order valence-corrected chi connectivity index (χ3v) is 5.73. The minimum absolute atomic E-state index is 0.0349. The number of ether oxygens (including phenoxy) is 1. The predicted octanol–water partition coefficient (Wildman–Crippen LogP) is 1.91. The molecule has 0 radical (unpaired) electrons. The lowest BCUT2D eigenvalue weighted by atomic mass is 10.1. The molecule has 0 saturated carbocycles. The molecule has 116 valence electrons. The van der Waals surface area contributed by atoms with E-state index in [-0.39, 0.29) is 23.1 Å². The molecule has 1 aliphatic rings. The number of rotatable bonds is 5. The van der Waals surface area contributed by atoms with Gasteiger partial charge in [-0.05, 0) is 37.5 Å². The molecular weight excluding hydrogens is 362 g/mol. The highest BCUT2D eigenvalue weighted by Crippen LogP contribution is 2.26. The van der Waals surface area contributed by atoms with Gasteiger partial charge in [-0.2, -0.15) is 0 Å². The smallest absolute Gasteiger partial charge is 0.335 e. The number of hydrogen-bond donors (Lipinski definition) is 2. The molecule has 8 heteroatoms. The number of sulfonamides is 1. The van der Waals surface area contributed by atoms with E-state index in [0.717, 1.165) is 12.8 Å². The highest BCUT2D eigenvalue weighted by molar-refractivity contribution is 9.10. The predicted molar refractivity (Wildman–Crippen MR) is 80.0 cm³/mol. The van der Waals surface area contributed by atoms with Crippen molar-refractivity contribution < 1.29 is 23.1 Å². The van der Waals surface area contributed by atoms with E-state index < -0.39 is 16.0 Å². The van der Waals surface area contributed by atoms with Crippen molar-refractivity contribution in [3.8, 4) is 0 Å². The number of carbonyl (C=O) groups is 1. The molecule has 1 atom stereocenters. The molecule has 0 bridgehead atoms. The van der Waals surface area contributed by atoms with E-state index in [4.69, 9.17) is 9.84 Å². The lowest BCUT2D eigenvalue weighted by Crippen LogP contribution is -2.32. The molecule has 0 spiro atoms. The average molecular weight is 378 g/mol. The normalized spacial score (nSPS) is 18.9. The lowest BCUT2D eigenvalue weighted by molar-refractivity contribution is 0.0696. The van der Waals surface area contributed by atoms with Crippen molar-refractivity contribution >= 4 is 31.9 Å². The maximum absolute atomic E-state index is 12.4. The first-order chi connectivity index (χ1) is 9.81. The number of benzene rings is 1. The van der Waals surface area contributed by atoms with Crippen molar-refractivity contribution in [2.24, 2.45) is 0 Å². The summed E-state index contributed by atoms with van der Waals surface area (Å²) in [6.45, 7) is 2.46. The van der Waals surface area contributed by atoms with E-state index in [1.807, 2.05) is 0 Å². The van der Waals surface area contributed by atoms with Crippen molar-refractivity contribution in [2.45, 2.75) is 30.8 Å². The summed E-state index contributed by atoms with van der Waals surface area (Å²) in [5.74, 6) is -1.17. The molecular formula is C13H16BrNO5S. The molecule has 1 unspecified atom stereocenters. The van der Waals surface area contributed by atoms with Crippen molar-refractivity contribution in [3.63, 3.8) is 0 Å². The van der Waals surface area contributed by atoms with Crippen LogP contribution in [0.25, 0.3) is 0 Å². The molecule has 1 aromatic carbocycles. The second-order valence-corrected chi connectivity index (χ2v) is 7.46. The minimum Gasteiger partial charge on any atom is -0.478 e. The van der Waals surface area contributed by atoms with Crippen LogP contribution in [-0.2, 0) is 14.8 Å². The van der Waals surface area contributed by atoms with Crippen molar-refractivity contribution in [1.82, 2.24) is 4.72 Å². The standard InChI is InChI=1S/C13H16BrNO5S/c1-8-11(14)5-9(13(16)17)6-12(8)21(18,19)15-7-10-3-2-4-20-10/h5-6,10,15H,2-4,7H2,1H3,(H,16,17). The quantitative estimate of drug-likeness (QED) is 0.817. The average Bonchev–Trinajstić information content (AvgIpc) is 2.92. The van der Waals surface area contributed by atoms with E-state index in [2.05, 4.69) is 20.7 Å². The van der Waals surface area contributed by atoms with Crippen LogP contribution in [0.5, 0.6) is 0 Å². The van der Waals surface area contributed by atoms with Crippen LogP contribution >= 0.6 is 15.9 Å². The number of hydrogen-bond acceptors (Lipinski definition) is 4. The molecule has 21 heavy (non-hydrogen) atoms. The second-order valence-electron chi connectivity index (χ2n) is 4.87. The Bertz CT molecular complexity index is 653. The molecule has 1 aromatic rings. The molecule has 0 amide bonds. The Balaban J connectivity index is 2.27. The molecule has 1 heterocycles. The van der Waals surface area contributed by atoms with Crippen LogP contribution in [-0.4, -0.2) is 38.7 Å². The van der Waals surface area contributed by atoms with Crippen LogP contribution in [0.15, 0.2) is 21.5 Å². The Morgan fingerprint density at radius 3 is 2.81 bits per heavy atom. The number of nitrogens with one attached hydrogen (secondary N) is 1. The maximum atomic E-state index is 12.4. The van der Waals surface area contributed by atoms with Gasteiger partial charge >= 0.3 is 5.97 Å². The Morgan fingerprint density at radius 1 is 1.52 bits per heavy atom. The van der Waals surface area contributed by atoms with E-state index in [0.29, 0.717) is 16.6 Å². The fraction of sp³-hybridized carbons (Fsp3) is 0.462. The van der Waals surface area contributed by atoms with Gasteiger partial charge in [0.1, 0.15) is 0 Å². The summed E-state index contributed by atoms with van der Waals surface area (Å²) in [6, 6.07) is 2.55. The Kier molecular flexibility index (Phi) is 5.03. The van der Waals surface area contributed by atoms with E-state index in [1.54, 1.807) is 6.92 Å². The summed E-state index contributed by atoms with van der Waals surface area (Å²) in [4.78, 5) is 11.0. The topological polar surface area (TPSA) is 92.7 Å². The Hall–Kier alpha value is -0.960. The van der Waals surface area contributed by atoms with E-state index in [1.165, 1.54) is 12.1 Å². The number of carboxylic acids is 1. The number of carboxylic acid groups (broad SMARTS) is 1. The van der Waals surface area contributed by atoms with Gasteiger partial charge in [0.25, 0.3) is 0 Å². The summed E-state index contributed by atoms with van der Waals surface area (Å²) >= 11 is 3.19. The van der Waals surface area contributed by atoms with Crippen LogP contribution in [0, 0.1) is 6.92 Å². The third kappa shape index (κ3) is 3.82. The zero-order chi connectivity index (χ0) is 15.6. The summed E-state index contributed by atoms with van der Waals surface area (Å²) in [6.07, 6.45) is 1.62. The SMILES string of the molecule is Cc1c(Br)cc(C(=O)O)cc1S(=O)(=O)NCC1CCCO1. The monoisotopic (exact) mass is 377 g/mol. The van der Waals surface area contributed by atoms with Gasteiger partial charge in [-0.15, -0.1) is 0 Å². The van der Waals surface area contributed by atoms with Crippen LogP contribution < -0.4 is 4.72 Å². The van der Waals surface area contributed by atoms with Crippen LogP contribution in [0.3, 0.4) is 0 Å². The molecule has 0 aliphatic carbocycles. The van der Waals surface area contributed by atoms with Gasteiger partial charge in [0.05, 0.1) is 16.6 Å². The molecule has 2 rings (SSSR count). The van der Waals surface area contributed by atoms with Gasteiger partial charge in [0, 0.05) is 17.6 Å². The van der Waals surface area contributed by atoms with Crippen LogP contribution in [0.1, 0.15) is 28.8 Å². The summed E-state index contributed by atoms with van der Waals surface area (Å²) < 4.78 is 33.0. The first-order valence-corrected chi connectivity index (χ1v) is 8.73. The molecule has 1 fully saturated rings. The Labute approximate surface area is 131 Å². The van der Waals surface area contributed by atoms with Crippen LogP contribution in [0.2, 0.25) is 0 Å². The Morgan fingerprint density at radius 2 is 2.24 bits per heavy atom. The van der Waals surface area contributed by atoms with Gasteiger partial charge < -0.3 is 9.84 Å². The van der Waals surface area contributed by atoms with E-state index >= 15 is 0 Å². The number of aromatic carboxylic acids is 1. The fourth-order valence-electron chi connectivity index (χ4n) is 2.14. The summed E-state index contributed by atoms with van der Waals surface area (Å²) in [7, 11) is -3.78. The van der Waals surface area contributed by atoms with Crippen LogP contribution in [0.4, 0.5) is 0 Å². The van der Waals surface area contributed by atoms with Crippen molar-refractivity contribution in [3.05, 3.63) is 27.7 Å². The summed E-state index contributed by atoms with van der Waals surface area (Å²) in [5.41, 5.74) is 0.393. The molecule has 1 saturated heterocycles. The molecule has 6 nitrogen and oxygen atoms in total. The first kappa shape index (κ1) is 16.4. The van der Waals surface area contributed by atoms with Gasteiger partial charge in [-0.3, -0.25) is 0 Å². The minimum atomic E-state index is -3.78. The van der Waals surface area contributed by atoms with Gasteiger partial charge in [0.2, 0.25) is 10.0 Å². The highest BCUT2D eigenvalue weighted by atomic mass is 79.9. The van der Waals surface area contributed by atoms with Gasteiger partial charge in [-0.1, -0.05) is 15.9 Å². The van der Waals surface area contributed by atoms with Gasteiger partial charge in [0.15, 0.2) is 0 Å². The first-order valence-electron chi connectivity index (χ1n) is 6.46. The maximum Gasteiger partial charge on any atom is 0.335 e. The van der Waals surface area contributed by atoms with E-state index in [9.17, 15) is 13.2 Å². The second kappa shape index (κ2) is 6.43. The van der Waals surface area contributed by atoms with Crippen molar-refractivity contribution in [1.29, 1.82) is 0 Å². The molecule has 1 aliphatic heterocycles. The fourth-order valence-corrected chi connectivity index (χ4v) is 4.09. The third-order valence-electron chi connectivity index (χ3n) is 3.36. The molecule has 2 N–H and O–H groups in total. The highest BCUT2D eigenvalue weighted by Gasteiger charge is 2.23. The lowest BCUT2D eigenvalue weighted by Gasteiger charge is -2.14. The number of halogens is 1.